The molecule has 0 aromatic carbocycles. The van der Waals surface area contributed by atoms with Crippen LogP contribution < -0.4 is 0 Å². The van der Waals surface area contributed by atoms with E-state index >= 15 is 0 Å². The quantitative estimate of drug-likeness (QED) is 0.863. The second kappa shape index (κ2) is 6.02. The minimum atomic E-state index is -0.994. The van der Waals surface area contributed by atoms with Crippen molar-refractivity contribution < 1.29 is 14.7 Å². The third kappa shape index (κ3) is 5.26. The third-order valence-electron chi connectivity index (χ3n) is 2.29. The molecular formula is C14H19NO3S. The second-order valence-corrected chi connectivity index (χ2v) is 6.71. The van der Waals surface area contributed by atoms with Gasteiger partial charge in [-0.2, -0.15) is 0 Å². The van der Waals surface area contributed by atoms with E-state index in [1.807, 2.05) is 0 Å². The monoisotopic (exact) mass is 281 g/mol. The Kier molecular flexibility index (Phi) is 4.89. The number of hydrogen-bond donors (Lipinski definition) is 1. The molecule has 0 saturated carbocycles. The Labute approximate surface area is 117 Å². The van der Waals surface area contributed by atoms with Crippen LogP contribution in [0.3, 0.4) is 0 Å². The highest BCUT2D eigenvalue weighted by Crippen LogP contribution is 2.21. The van der Waals surface area contributed by atoms with Gasteiger partial charge >= 0.3 is 5.97 Å². The van der Waals surface area contributed by atoms with Gasteiger partial charge in [0, 0.05) is 24.5 Å². The highest BCUT2D eigenvalue weighted by Gasteiger charge is 2.19. The van der Waals surface area contributed by atoms with Gasteiger partial charge in [-0.25, -0.2) is 4.79 Å². The maximum Gasteiger partial charge on any atom is 0.328 e. The number of hydrogen-bond acceptors (Lipinski definition) is 3. The zero-order chi connectivity index (χ0) is 14.6. The molecule has 0 aliphatic carbocycles. The molecule has 0 radical (unpaired) electrons. The first-order chi connectivity index (χ1) is 8.69. The number of carbonyl (C=O) groups is 2. The Morgan fingerprint density at radius 2 is 2.00 bits per heavy atom. The van der Waals surface area contributed by atoms with Crippen molar-refractivity contribution in [1.82, 2.24) is 4.90 Å². The van der Waals surface area contributed by atoms with Crippen LogP contribution >= 0.6 is 11.3 Å². The lowest BCUT2D eigenvalue weighted by Crippen LogP contribution is -2.34. The molecule has 104 valence electrons. The fourth-order valence-electron chi connectivity index (χ4n) is 1.68. The van der Waals surface area contributed by atoms with E-state index < -0.39 is 5.97 Å². The van der Waals surface area contributed by atoms with E-state index in [9.17, 15) is 9.59 Å². The average molecular weight is 281 g/mol. The van der Waals surface area contributed by atoms with E-state index in [0.717, 1.165) is 11.0 Å². The number of thiophene rings is 1. The normalized spacial score (nSPS) is 11.8. The van der Waals surface area contributed by atoms with Crippen LogP contribution in [0, 0.1) is 5.41 Å². The van der Waals surface area contributed by atoms with Crippen molar-refractivity contribution in [2.45, 2.75) is 20.8 Å². The number of amides is 1. The lowest BCUT2D eigenvalue weighted by Gasteiger charge is -2.26. The van der Waals surface area contributed by atoms with Crippen molar-refractivity contribution in [2.75, 3.05) is 13.6 Å². The fourth-order valence-corrected chi connectivity index (χ4v) is 2.59. The van der Waals surface area contributed by atoms with Crippen LogP contribution in [0.1, 0.15) is 35.3 Å². The lowest BCUT2D eigenvalue weighted by atomic mass is 9.96. The van der Waals surface area contributed by atoms with Gasteiger partial charge in [0.15, 0.2) is 0 Å². The summed E-state index contributed by atoms with van der Waals surface area (Å²) in [6.45, 7) is 6.90. The predicted octanol–water partition coefficient (Wildman–Crippen LogP) is 2.96. The van der Waals surface area contributed by atoms with E-state index in [1.165, 1.54) is 17.4 Å². The molecule has 0 unspecified atom stereocenters. The molecule has 1 aromatic rings. The summed E-state index contributed by atoms with van der Waals surface area (Å²) in [5.74, 6) is -1.03. The van der Waals surface area contributed by atoms with Gasteiger partial charge in [-0.1, -0.05) is 20.8 Å². The SMILES string of the molecule is CN(CC(C)(C)C)C(=O)c1ccc(C=CC(=O)O)s1. The molecule has 0 bridgehead atoms. The van der Waals surface area contributed by atoms with Crippen LogP contribution in [-0.4, -0.2) is 35.5 Å². The van der Waals surface area contributed by atoms with Gasteiger partial charge in [-0.05, 0) is 23.6 Å². The molecule has 1 N–H and O–H groups in total. The number of carboxylic acids is 1. The number of nitrogens with zero attached hydrogens (tertiary/aromatic N) is 1. The Morgan fingerprint density at radius 3 is 2.53 bits per heavy atom. The Morgan fingerprint density at radius 1 is 1.37 bits per heavy atom. The van der Waals surface area contributed by atoms with Crippen molar-refractivity contribution in [3.8, 4) is 0 Å². The van der Waals surface area contributed by atoms with Crippen molar-refractivity contribution in [2.24, 2.45) is 5.41 Å². The largest absolute Gasteiger partial charge is 0.478 e. The molecule has 4 nitrogen and oxygen atoms in total. The van der Waals surface area contributed by atoms with Crippen LogP contribution in [-0.2, 0) is 4.79 Å². The highest BCUT2D eigenvalue weighted by molar-refractivity contribution is 7.14. The second-order valence-electron chi connectivity index (χ2n) is 5.60. The maximum absolute atomic E-state index is 12.2. The molecule has 0 aliphatic heterocycles. The summed E-state index contributed by atoms with van der Waals surface area (Å²) < 4.78 is 0. The standard InChI is InChI=1S/C14H19NO3S/c1-14(2,3)9-15(4)13(18)11-7-5-10(19-11)6-8-12(16)17/h5-8H,9H2,1-4H3,(H,16,17). The van der Waals surface area contributed by atoms with Crippen molar-refractivity contribution in [1.29, 1.82) is 0 Å². The predicted molar refractivity (Wildman–Crippen MR) is 77.4 cm³/mol. The summed E-state index contributed by atoms with van der Waals surface area (Å²) in [5, 5.41) is 8.55. The number of aliphatic carboxylic acids is 1. The smallest absolute Gasteiger partial charge is 0.328 e. The van der Waals surface area contributed by atoms with Crippen LogP contribution in [0.2, 0.25) is 0 Å². The minimum Gasteiger partial charge on any atom is -0.478 e. The highest BCUT2D eigenvalue weighted by atomic mass is 32.1. The first-order valence-corrected chi connectivity index (χ1v) is 6.77. The van der Waals surface area contributed by atoms with E-state index in [2.05, 4.69) is 20.8 Å². The van der Waals surface area contributed by atoms with Gasteiger partial charge in [-0.15, -0.1) is 11.3 Å². The van der Waals surface area contributed by atoms with Crippen molar-refractivity contribution in [3.63, 3.8) is 0 Å². The van der Waals surface area contributed by atoms with Crippen LogP contribution in [0.5, 0.6) is 0 Å². The maximum atomic E-state index is 12.2. The molecule has 1 aromatic heterocycles. The molecule has 5 heteroatoms. The zero-order valence-corrected chi connectivity index (χ0v) is 12.5. The van der Waals surface area contributed by atoms with Gasteiger partial charge in [0.1, 0.15) is 0 Å². The van der Waals surface area contributed by atoms with Crippen LogP contribution in [0.25, 0.3) is 6.08 Å². The molecule has 0 aliphatic rings. The number of carboxylic acid groups (broad SMARTS) is 1. The lowest BCUT2D eigenvalue weighted by molar-refractivity contribution is -0.131. The Bertz CT molecular complexity index is 497. The molecule has 1 heterocycles. The zero-order valence-electron chi connectivity index (χ0n) is 11.6. The van der Waals surface area contributed by atoms with E-state index in [-0.39, 0.29) is 11.3 Å². The summed E-state index contributed by atoms with van der Waals surface area (Å²) >= 11 is 1.30. The first-order valence-electron chi connectivity index (χ1n) is 5.95. The summed E-state index contributed by atoms with van der Waals surface area (Å²) in [5.41, 5.74) is 0.0493. The molecule has 0 fully saturated rings. The van der Waals surface area contributed by atoms with Crippen molar-refractivity contribution in [3.05, 3.63) is 28.0 Å². The molecular weight excluding hydrogens is 262 g/mol. The van der Waals surface area contributed by atoms with Crippen LogP contribution in [0.15, 0.2) is 18.2 Å². The number of carbonyl (C=O) groups excluding carboxylic acids is 1. The summed E-state index contributed by atoms with van der Waals surface area (Å²) in [7, 11) is 1.78. The van der Waals surface area contributed by atoms with E-state index in [1.54, 1.807) is 24.1 Å². The minimum absolute atomic E-state index is 0.0325. The summed E-state index contributed by atoms with van der Waals surface area (Å²) in [6, 6.07) is 3.48. The molecule has 1 amide bonds. The van der Waals surface area contributed by atoms with E-state index in [0.29, 0.717) is 11.4 Å². The summed E-state index contributed by atoms with van der Waals surface area (Å²) in [6.07, 6.45) is 2.56. The Hall–Kier alpha value is -1.62. The van der Waals surface area contributed by atoms with E-state index in [4.69, 9.17) is 5.11 Å². The Balaban J connectivity index is 2.76. The van der Waals surface area contributed by atoms with Crippen LogP contribution in [0.4, 0.5) is 0 Å². The number of rotatable bonds is 4. The van der Waals surface area contributed by atoms with Gasteiger partial charge in [0.25, 0.3) is 5.91 Å². The topological polar surface area (TPSA) is 57.6 Å². The van der Waals surface area contributed by atoms with Crippen molar-refractivity contribution >= 4 is 29.3 Å². The van der Waals surface area contributed by atoms with Gasteiger partial charge in [-0.3, -0.25) is 4.79 Å². The molecule has 0 spiro atoms. The molecule has 0 atom stereocenters. The van der Waals surface area contributed by atoms with Gasteiger partial charge in [0.05, 0.1) is 4.88 Å². The first kappa shape index (κ1) is 15.4. The molecule has 0 saturated heterocycles. The average Bonchev–Trinajstić information content (AvgIpc) is 2.71. The van der Waals surface area contributed by atoms with Gasteiger partial charge in [0.2, 0.25) is 0 Å². The fraction of sp³-hybridized carbons (Fsp3) is 0.429. The molecule has 19 heavy (non-hydrogen) atoms. The molecule has 1 rings (SSSR count). The third-order valence-corrected chi connectivity index (χ3v) is 3.32. The summed E-state index contributed by atoms with van der Waals surface area (Å²) in [4.78, 5) is 25.7. The van der Waals surface area contributed by atoms with Gasteiger partial charge < -0.3 is 10.0 Å².